The molecule has 0 aromatic heterocycles. The lowest BCUT2D eigenvalue weighted by atomic mass is 9.98. The zero-order chi connectivity index (χ0) is 16.1. The molecular formula is C13H25O6PS. The minimum absolute atomic E-state index is 0.0856. The predicted octanol–water partition coefficient (Wildman–Crippen LogP) is 2.99. The summed E-state index contributed by atoms with van der Waals surface area (Å²) in [4.78, 5) is 11.6. The summed E-state index contributed by atoms with van der Waals surface area (Å²) in [7, 11) is 0. The lowest BCUT2D eigenvalue weighted by Crippen LogP contribution is -2.22. The molecule has 0 radical (unpaired) electrons. The van der Waals surface area contributed by atoms with Crippen molar-refractivity contribution in [2.75, 3.05) is 18.9 Å². The van der Waals surface area contributed by atoms with Crippen LogP contribution in [0, 0.1) is 5.41 Å². The highest BCUT2D eigenvalue weighted by Gasteiger charge is 2.30. The maximum Gasteiger partial charge on any atom is 0.312 e. The van der Waals surface area contributed by atoms with Crippen LogP contribution in [0.25, 0.3) is 0 Å². The number of carbonyl (C=O) groups is 1. The smallest absolute Gasteiger partial charge is 0.312 e. The Bertz CT molecular complexity index is 395. The molecule has 6 nitrogen and oxygen atoms in total. The molecule has 124 valence electrons. The molecule has 1 aliphatic rings. The van der Waals surface area contributed by atoms with Gasteiger partial charge < -0.3 is 19.1 Å². The third-order valence-electron chi connectivity index (χ3n) is 3.00. The molecular weight excluding hydrogens is 315 g/mol. The summed E-state index contributed by atoms with van der Waals surface area (Å²) >= 11 is 0.837. The highest BCUT2D eigenvalue weighted by Crippen LogP contribution is 2.59. The van der Waals surface area contributed by atoms with Crippen molar-refractivity contribution in [2.24, 2.45) is 5.41 Å². The van der Waals surface area contributed by atoms with Crippen LogP contribution in [0.5, 0.6) is 0 Å². The number of rotatable bonds is 7. The molecule has 0 amide bonds. The van der Waals surface area contributed by atoms with E-state index in [0.29, 0.717) is 0 Å². The first-order valence-corrected chi connectivity index (χ1v) is 10.4. The number of aliphatic hydroxyl groups excluding tert-OH is 1. The molecule has 0 aromatic carbocycles. The monoisotopic (exact) mass is 340 g/mol. The predicted molar refractivity (Wildman–Crippen MR) is 82.2 cm³/mol. The summed E-state index contributed by atoms with van der Waals surface area (Å²) in [6.07, 6.45) is 1.32. The topological polar surface area (TPSA) is 82.1 Å². The molecule has 0 spiro atoms. The van der Waals surface area contributed by atoms with Gasteiger partial charge in [-0.05, 0) is 51.9 Å². The minimum atomic E-state index is -3.27. The fourth-order valence-electron chi connectivity index (χ4n) is 1.70. The summed E-state index contributed by atoms with van der Waals surface area (Å²) in [6.45, 7) is 4.11. The lowest BCUT2D eigenvalue weighted by molar-refractivity contribution is -0.150. The van der Waals surface area contributed by atoms with Gasteiger partial charge in [-0.15, -0.1) is 0 Å². The van der Waals surface area contributed by atoms with Crippen LogP contribution in [0.2, 0.25) is 0 Å². The Kier molecular flexibility index (Phi) is 7.20. The van der Waals surface area contributed by atoms with Gasteiger partial charge in [0.2, 0.25) is 0 Å². The van der Waals surface area contributed by atoms with E-state index in [1.807, 2.05) is 6.92 Å². The molecule has 1 rings (SSSR count). The second-order valence-corrected chi connectivity index (χ2v) is 10.8. The molecule has 0 aromatic rings. The summed E-state index contributed by atoms with van der Waals surface area (Å²) in [5, 5.41) is 9.25. The van der Waals surface area contributed by atoms with Crippen molar-refractivity contribution >= 4 is 23.9 Å². The van der Waals surface area contributed by atoms with E-state index < -0.39 is 18.3 Å². The van der Waals surface area contributed by atoms with Crippen LogP contribution in [-0.4, -0.2) is 42.2 Å². The molecule has 0 saturated carbocycles. The van der Waals surface area contributed by atoms with Crippen LogP contribution in [0.3, 0.4) is 0 Å². The zero-order valence-corrected chi connectivity index (χ0v) is 14.7. The van der Waals surface area contributed by atoms with Crippen molar-refractivity contribution in [3.63, 3.8) is 0 Å². The van der Waals surface area contributed by atoms with Gasteiger partial charge in [-0.25, -0.2) is 0 Å². The van der Waals surface area contributed by atoms with Gasteiger partial charge in [0.15, 0.2) is 0 Å². The van der Waals surface area contributed by atoms with Crippen LogP contribution < -0.4 is 0 Å². The quantitative estimate of drug-likeness (QED) is 0.433. The molecule has 21 heavy (non-hydrogen) atoms. The second-order valence-electron chi connectivity index (χ2n) is 6.12. The molecule has 1 heterocycles. The zero-order valence-electron chi connectivity index (χ0n) is 13.0. The van der Waals surface area contributed by atoms with E-state index in [0.717, 1.165) is 24.2 Å². The lowest BCUT2D eigenvalue weighted by Gasteiger charge is -2.20. The van der Waals surface area contributed by atoms with Gasteiger partial charge in [-0.1, -0.05) is 0 Å². The van der Waals surface area contributed by atoms with E-state index in [-0.39, 0.29) is 30.7 Å². The number of carbonyl (C=O) groups excluding carboxylic acids is 1. The summed E-state index contributed by atoms with van der Waals surface area (Å²) in [6, 6.07) is 0. The molecule has 1 fully saturated rings. The normalized spacial score (nSPS) is 25.6. The van der Waals surface area contributed by atoms with Crippen molar-refractivity contribution < 1.29 is 28.5 Å². The number of esters is 1. The van der Waals surface area contributed by atoms with E-state index in [1.54, 1.807) is 20.8 Å². The standard InChI is InChI=1S/C13H25O6PS/c1-10-5-6-11(19-10)7-18-20(16,8-14)21-9-17-12(15)13(2,3)4/h10-11,14H,5-9H2,1-4H3/t10?,11-,20?/m0/s1. The van der Waals surface area contributed by atoms with Gasteiger partial charge in [-0.2, -0.15) is 0 Å². The van der Waals surface area contributed by atoms with Gasteiger partial charge in [0.05, 0.1) is 24.2 Å². The Morgan fingerprint density at radius 2 is 2.10 bits per heavy atom. The van der Waals surface area contributed by atoms with Crippen LogP contribution in [0.1, 0.15) is 40.5 Å². The summed E-state index contributed by atoms with van der Waals surface area (Å²) in [5.74, 6) is -0.483. The van der Waals surface area contributed by atoms with Crippen molar-refractivity contribution in [2.45, 2.75) is 52.7 Å². The number of ether oxygens (including phenoxy) is 2. The number of hydrogen-bond acceptors (Lipinski definition) is 7. The fraction of sp³-hybridized carbons (Fsp3) is 0.923. The summed E-state index contributed by atoms with van der Waals surface area (Å²) in [5.41, 5.74) is -0.613. The largest absolute Gasteiger partial charge is 0.454 e. The highest BCUT2D eigenvalue weighted by molar-refractivity contribution is 8.56. The first-order chi connectivity index (χ1) is 9.66. The van der Waals surface area contributed by atoms with Gasteiger partial charge in [0, 0.05) is 0 Å². The third-order valence-corrected chi connectivity index (χ3v) is 6.67. The Labute approximate surface area is 130 Å². The van der Waals surface area contributed by atoms with Gasteiger partial charge in [-0.3, -0.25) is 9.36 Å². The van der Waals surface area contributed by atoms with Crippen LogP contribution in [-0.2, 0) is 23.4 Å². The average molecular weight is 340 g/mol. The molecule has 0 bridgehead atoms. The molecule has 1 aliphatic heterocycles. The van der Waals surface area contributed by atoms with Crippen LogP contribution >= 0.6 is 18.0 Å². The first kappa shape index (κ1) is 19.0. The maximum atomic E-state index is 12.3. The Balaban J connectivity index is 2.34. The van der Waals surface area contributed by atoms with Crippen LogP contribution in [0.4, 0.5) is 0 Å². The van der Waals surface area contributed by atoms with E-state index in [2.05, 4.69) is 0 Å². The molecule has 3 atom stereocenters. The van der Waals surface area contributed by atoms with E-state index >= 15 is 0 Å². The summed E-state index contributed by atoms with van der Waals surface area (Å²) < 4.78 is 28.2. The van der Waals surface area contributed by atoms with Crippen molar-refractivity contribution in [1.29, 1.82) is 0 Å². The molecule has 1 N–H and O–H groups in total. The minimum Gasteiger partial charge on any atom is -0.454 e. The Morgan fingerprint density at radius 1 is 1.43 bits per heavy atom. The molecule has 1 saturated heterocycles. The molecule has 2 unspecified atom stereocenters. The molecule has 8 heteroatoms. The van der Waals surface area contributed by atoms with Gasteiger partial charge in [0.25, 0.3) is 6.57 Å². The average Bonchev–Trinajstić information content (AvgIpc) is 2.81. The van der Waals surface area contributed by atoms with E-state index in [9.17, 15) is 14.5 Å². The van der Waals surface area contributed by atoms with Crippen LogP contribution in [0.15, 0.2) is 0 Å². The van der Waals surface area contributed by atoms with Crippen molar-refractivity contribution in [3.8, 4) is 0 Å². The van der Waals surface area contributed by atoms with E-state index in [4.69, 9.17) is 14.0 Å². The second kappa shape index (κ2) is 7.97. The van der Waals surface area contributed by atoms with Crippen molar-refractivity contribution in [1.82, 2.24) is 0 Å². The highest BCUT2D eigenvalue weighted by atomic mass is 32.7. The maximum absolute atomic E-state index is 12.3. The fourth-order valence-corrected chi connectivity index (χ4v) is 3.94. The number of aliphatic hydroxyl groups is 1. The third kappa shape index (κ3) is 6.70. The SMILES string of the molecule is CC1CC[C@@H](COP(=O)(CO)SCOC(=O)C(C)(C)C)O1. The van der Waals surface area contributed by atoms with Gasteiger partial charge in [0.1, 0.15) is 12.3 Å². The Morgan fingerprint density at radius 3 is 2.57 bits per heavy atom. The number of hydrogen-bond donors (Lipinski definition) is 1. The first-order valence-electron chi connectivity index (χ1n) is 6.98. The van der Waals surface area contributed by atoms with E-state index in [1.165, 1.54) is 0 Å². The van der Waals surface area contributed by atoms with Crippen molar-refractivity contribution in [3.05, 3.63) is 0 Å². The Hall–Kier alpha value is -0.0700. The van der Waals surface area contributed by atoms with Gasteiger partial charge >= 0.3 is 5.97 Å². The molecule has 0 aliphatic carbocycles.